The molecule has 4 rings (SSSR count). The van der Waals surface area contributed by atoms with E-state index in [9.17, 15) is 5.11 Å². The highest BCUT2D eigenvalue weighted by atomic mass is 16.5. The largest absolute Gasteiger partial charge is 0.439 e. The summed E-state index contributed by atoms with van der Waals surface area (Å²) < 4.78 is 7.63. The van der Waals surface area contributed by atoms with E-state index in [-0.39, 0.29) is 12.1 Å². The average molecular weight is 463 g/mol. The predicted molar refractivity (Wildman–Crippen MR) is 131 cm³/mol. The van der Waals surface area contributed by atoms with E-state index in [1.54, 1.807) is 37.0 Å². The third-order valence-electron chi connectivity index (χ3n) is 5.34. The minimum absolute atomic E-state index is 0.164. The summed E-state index contributed by atoms with van der Waals surface area (Å²) in [5, 5.41) is 17.8. The number of benzene rings is 1. The molecule has 0 radical (unpaired) electrons. The Morgan fingerprint density at radius 1 is 1.12 bits per heavy atom. The number of nitrogens with two attached hydrogens (primary N) is 2. The molecule has 6 N–H and O–H groups in total. The Balaban J connectivity index is 1.50. The van der Waals surface area contributed by atoms with Crippen LogP contribution in [0.25, 0.3) is 11.0 Å². The van der Waals surface area contributed by atoms with Gasteiger partial charge in [-0.1, -0.05) is 31.5 Å². The van der Waals surface area contributed by atoms with Crippen LogP contribution in [0.3, 0.4) is 0 Å². The van der Waals surface area contributed by atoms with Crippen LogP contribution in [0.15, 0.2) is 48.8 Å². The quantitative estimate of drug-likeness (QED) is 0.274. The van der Waals surface area contributed by atoms with E-state index in [0.717, 1.165) is 29.5 Å². The van der Waals surface area contributed by atoms with Crippen molar-refractivity contribution >= 4 is 22.8 Å². The van der Waals surface area contributed by atoms with Gasteiger partial charge in [0, 0.05) is 12.3 Å². The van der Waals surface area contributed by atoms with E-state index in [1.807, 2.05) is 30.3 Å². The monoisotopic (exact) mass is 462 g/mol. The number of nitrogen functional groups attached to an aromatic ring is 1. The molecule has 0 aliphatic carbocycles. The zero-order valence-electron chi connectivity index (χ0n) is 19.6. The Kier molecular flexibility index (Phi) is 6.62. The first kappa shape index (κ1) is 23.4. The Labute approximate surface area is 198 Å². The normalized spacial score (nSPS) is 12.6. The molecule has 10 heteroatoms. The second kappa shape index (κ2) is 9.62. The number of ether oxygens (including phenoxy) is 1. The van der Waals surface area contributed by atoms with Crippen LogP contribution >= 0.6 is 0 Å². The van der Waals surface area contributed by atoms with Gasteiger partial charge in [-0.2, -0.15) is 10.1 Å². The van der Waals surface area contributed by atoms with Gasteiger partial charge < -0.3 is 26.6 Å². The van der Waals surface area contributed by atoms with Crippen LogP contribution in [0.1, 0.15) is 44.7 Å². The maximum atomic E-state index is 10.1. The van der Waals surface area contributed by atoms with Crippen LogP contribution in [-0.4, -0.2) is 36.0 Å². The number of hydrogen-bond acceptors (Lipinski definition) is 9. The third-order valence-corrected chi connectivity index (χ3v) is 5.34. The first-order valence-electron chi connectivity index (χ1n) is 11.2. The number of anilines is 2. The van der Waals surface area contributed by atoms with E-state index >= 15 is 0 Å². The van der Waals surface area contributed by atoms with E-state index < -0.39 is 5.60 Å². The number of aliphatic hydroxyl groups is 1. The van der Waals surface area contributed by atoms with Crippen molar-refractivity contribution in [2.75, 3.05) is 11.1 Å². The summed E-state index contributed by atoms with van der Waals surface area (Å²) in [5.41, 5.74) is 14.2. The lowest BCUT2D eigenvalue weighted by atomic mass is 9.99. The number of rotatable bonds is 9. The molecule has 3 aromatic heterocycles. The highest BCUT2D eigenvalue weighted by molar-refractivity contribution is 5.86. The van der Waals surface area contributed by atoms with E-state index in [1.165, 1.54) is 0 Å². The lowest BCUT2D eigenvalue weighted by Crippen LogP contribution is -2.30. The second-order valence-electron chi connectivity index (χ2n) is 8.70. The lowest BCUT2D eigenvalue weighted by Gasteiger charge is -2.17. The minimum atomic E-state index is -0.900. The summed E-state index contributed by atoms with van der Waals surface area (Å²) >= 11 is 0. The van der Waals surface area contributed by atoms with Gasteiger partial charge in [-0.3, -0.25) is 4.68 Å². The van der Waals surface area contributed by atoms with Crippen molar-refractivity contribution in [1.82, 2.24) is 24.7 Å². The first-order valence-corrected chi connectivity index (χ1v) is 11.2. The molecule has 0 aliphatic rings. The number of fused-ring (bicyclic) bond motifs is 1. The van der Waals surface area contributed by atoms with Crippen LogP contribution in [0.5, 0.6) is 11.6 Å². The SMILES string of the molecule is CCCC(N)Nc1nc(N)nc2cnn(Cc3ccc(Oc4ccc(C(C)(C)O)cc4)nc3)c12. The van der Waals surface area contributed by atoms with Gasteiger partial charge in [0.2, 0.25) is 11.8 Å². The highest BCUT2D eigenvalue weighted by Crippen LogP contribution is 2.26. The first-order chi connectivity index (χ1) is 16.2. The molecule has 178 valence electrons. The van der Waals surface area contributed by atoms with Crippen molar-refractivity contribution in [1.29, 1.82) is 0 Å². The Hall–Kier alpha value is -3.76. The van der Waals surface area contributed by atoms with Gasteiger partial charge in [0.25, 0.3) is 0 Å². The fourth-order valence-corrected chi connectivity index (χ4v) is 3.59. The van der Waals surface area contributed by atoms with Gasteiger partial charge in [-0.05, 0) is 43.5 Å². The summed E-state index contributed by atoms with van der Waals surface area (Å²) in [6.45, 7) is 6.01. The molecule has 3 heterocycles. The summed E-state index contributed by atoms with van der Waals surface area (Å²) in [4.78, 5) is 13.0. The molecule has 0 bridgehead atoms. The van der Waals surface area contributed by atoms with Crippen LogP contribution in [0.2, 0.25) is 0 Å². The average Bonchev–Trinajstić information content (AvgIpc) is 3.17. The van der Waals surface area contributed by atoms with E-state index in [2.05, 4.69) is 32.3 Å². The number of aromatic nitrogens is 5. The van der Waals surface area contributed by atoms with Gasteiger partial charge >= 0.3 is 0 Å². The Morgan fingerprint density at radius 3 is 2.53 bits per heavy atom. The van der Waals surface area contributed by atoms with Gasteiger partial charge in [0.1, 0.15) is 16.8 Å². The maximum absolute atomic E-state index is 10.1. The molecule has 10 nitrogen and oxygen atoms in total. The highest BCUT2D eigenvalue weighted by Gasteiger charge is 2.16. The van der Waals surface area contributed by atoms with Crippen molar-refractivity contribution in [3.63, 3.8) is 0 Å². The molecule has 1 unspecified atom stereocenters. The fourth-order valence-electron chi connectivity index (χ4n) is 3.59. The molecule has 0 saturated carbocycles. The lowest BCUT2D eigenvalue weighted by molar-refractivity contribution is 0.0785. The van der Waals surface area contributed by atoms with Crippen molar-refractivity contribution in [2.24, 2.45) is 5.73 Å². The molecular formula is C24H30N8O2. The zero-order valence-corrected chi connectivity index (χ0v) is 19.6. The molecule has 0 aliphatic heterocycles. The van der Waals surface area contributed by atoms with Crippen molar-refractivity contribution in [2.45, 2.75) is 51.9 Å². The number of nitrogens with one attached hydrogen (secondary N) is 1. The molecular weight excluding hydrogens is 432 g/mol. The number of nitrogens with zero attached hydrogens (tertiary/aromatic N) is 5. The van der Waals surface area contributed by atoms with Crippen molar-refractivity contribution in [3.05, 3.63) is 59.9 Å². The number of hydrogen-bond donors (Lipinski definition) is 4. The minimum Gasteiger partial charge on any atom is -0.439 e. The molecule has 0 fully saturated rings. The topological polar surface area (TPSA) is 150 Å². The second-order valence-corrected chi connectivity index (χ2v) is 8.70. The van der Waals surface area contributed by atoms with Crippen LogP contribution < -0.4 is 21.5 Å². The van der Waals surface area contributed by atoms with Crippen LogP contribution in [0.4, 0.5) is 11.8 Å². The molecule has 0 amide bonds. The summed E-state index contributed by atoms with van der Waals surface area (Å²) in [5.74, 6) is 1.83. The van der Waals surface area contributed by atoms with Gasteiger partial charge in [0.05, 0.1) is 24.5 Å². The Bertz CT molecular complexity index is 1250. The van der Waals surface area contributed by atoms with E-state index in [4.69, 9.17) is 16.2 Å². The summed E-state index contributed by atoms with van der Waals surface area (Å²) in [7, 11) is 0. The standard InChI is InChI=1S/C24H30N8O2/c1-4-5-19(25)30-22-21-18(29-23(26)31-22)13-28-32(21)14-15-6-11-20(27-12-15)34-17-9-7-16(8-10-17)24(2,3)33/h6-13,19,33H,4-5,14,25H2,1-3H3,(H3,26,29,30,31). The summed E-state index contributed by atoms with van der Waals surface area (Å²) in [6, 6.07) is 11.0. The fraction of sp³-hybridized carbons (Fsp3) is 0.333. The molecule has 34 heavy (non-hydrogen) atoms. The molecule has 1 atom stereocenters. The summed E-state index contributed by atoms with van der Waals surface area (Å²) in [6.07, 6.45) is 4.89. The maximum Gasteiger partial charge on any atom is 0.222 e. The molecule has 4 aromatic rings. The molecule has 0 spiro atoms. The third kappa shape index (κ3) is 5.41. The van der Waals surface area contributed by atoms with Gasteiger partial charge in [0.15, 0.2) is 5.82 Å². The Morgan fingerprint density at radius 2 is 1.88 bits per heavy atom. The van der Waals surface area contributed by atoms with Crippen molar-refractivity contribution < 1.29 is 9.84 Å². The zero-order chi connectivity index (χ0) is 24.3. The van der Waals surface area contributed by atoms with Gasteiger partial charge in [-0.25, -0.2) is 9.97 Å². The van der Waals surface area contributed by atoms with Crippen LogP contribution in [0, 0.1) is 0 Å². The van der Waals surface area contributed by atoms with Crippen LogP contribution in [-0.2, 0) is 12.1 Å². The smallest absolute Gasteiger partial charge is 0.222 e. The predicted octanol–water partition coefficient (Wildman–Crippen LogP) is 3.37. The molecule has 1 aromatic carbocycles. The van der Waals surface area contributed by atoms with Crippen molar-refractivity contribution in [3.8, 4) is 11.6 Å². The molecule has 0 saturated heterocycles. The van der Waals surface area contributed by atoms with E-state index in [0.29, 0.717) is 29.5 Å². The number of pyridine rings is 1. The van der Waals surface area contributed by atoms with Gasteiger partial charge in [-0.15, -0.1) is 0 Å².